The van der Waals surface area contributed by atoms with E-state index in [0.29, 0.717) is 24.1 Å². The largest absolute Gasteiger partial charge is 0.390 e. The van der Waals surface area contributed by atoms with Crippen LogP contribution in [-0.4, -0.2) is 56.6 Å². The number of rotatable bonds is 7. The number of hydrogen-bond acceptors (Lipinski definition) is 10. The maximum absolute atomic E-state index is 12.5. The van der Waals surface area contributed by atoms with E-state index in [2.05, 4.69) is 30.6 Å². The molecule has 11 heteroatoms. The molecule has 182 valence electrons. The Labute approximate surface area is 207 Å². The zero-order valence-electron chi connectivity index (χ0n) is 19.3. The smallest absolute Gasteiger partial charge is 0.271 e. The lowest BCUT2D eigenvalue weighted by Crippen LogP contribution is -2.36. The van der Waals surface area contributed by atoms with Gasteiger partial charge in [0.1, 0.15) is 16.5 Å². The summed E-state index contributed by atoms with van der Waals surface area (Å²) in [5.74, 6) is 1.65. The van der Waals surface area contributed by atoms with Crippen LogP contribution in [0.1, 0.15) is 55.9 Å². The molecule has 3 aromatic rings. The summed E-state index contributed by atoms with van der Waals surface area (Å²) < 4.78 is 5.34. The topological polar surface area (TPSA) is 124 Å². The molecule has 9 nitrogen and oxygen atoms in total. The van der Waals surface area contributed by atoms with Gasteiger partial charge in [0.05, 0.1) is 15.8 Å². The number of nitrogens with one attached hydrogen (secondary N) is 4. The second-order valence-corrected chi connectivity index (χ2v) is 11.3. The fraction of sp³-hybridized carbons (Fsp3) is 0.565. The fourth-order valence-electron chi connectivity index (χ4n) is 4.56. The molecule has 2 fully saturated rings. The van der Waals surface area contributed by atoms with Crippen molar-refractivity contribution in [3.63, 3.8) is 0 Å². The molecular formula is C23H31N7O2S2. The molecule has 0 spiro atoms. The van der Waals surface area contributed by atoms with Crippen LogP contribution in [-0.2, 0) is 0 Å². The lowest BCUT2D eigenvalue weighted by molar-refractivity contribution is 0.0196. The lowest BCUT2D eigenvalue weighted by atomic mass is 9.84. The summed E-state index contributed by atoms with van der Waals surface area (Å²) in [6.45, 7) is 4.62. The number of aromatic nitrogens is 3. The summed E-state index contributed by atoms with van der Waals surface area (Å²) in [6.07, 6.45) is 5.52. The van der Waals surface area contributed by atoms with Gasteiger partial charge in [0, 0.05) is 18.7 Å². The van der Waals surface area contributed by atoms with Crippen molar-refractivity contribution in [2.45, 2.75) is 57.1 Å². The van der Waals surface area contributed by atoms with Gasteiger partial charge < -0.3 is 26.4 Å². The molecule has 1 saturated carbocycles. The van der Waals surface area contributed by atoms with Crippen molar-refractivity contribution in [1.82, 2.24) is 25.0 Å². The molecule has 2 aliphatic rings. The van der Waals surface area contributed by atoms with Gasteiger partial charge in [-0.2, -0.15) is 9.36 Å². The minimum atomic E-state index is -0.571. The normalized spacial score (nSPS) is 23.6. The number of thiophene rings is 1. The number of carbonyl (C=O) groups excluding carboxylic acids is 1. The molecule has 1 amide bonds. The third kappa shape index (κ3) is 5.65. The second-order valence-electron chi connectivity index (χ2n) is 9.55. The van der Waals surface area contributed by atoms with Crippen molar-refractivity contribution in [1.29, 1.82) is 0 Å². The highest BCUT2D eigenvalue weighted by Gasteiger charge is 2.29. The van der Waals surface area contributed by atoms with Gasteiger partial charge in [-0.3, -0.25) is 4.79 Å². The summed E-state index contributed by atoms with van der Waals surface area (Å²) in [5, 5.41) is 26.1. The van der Waals surface area contributed by atoms with Gasteiger partial charge >= 0.3 is 0 Å². The number of nitrogens with zero attached hydrogens (tertiary/aromatic N) is 3. The molecule has 3 aromatic heterocycles. The Balaban J connectivity index is 1.24. The van der Waals surface area contributed by atoms with Gasteiger partial charge in [0.2, 0.25) is 5.95 Å². The van der Waals surface area contributed by atoms with Crippen molar-refractivity contribution in [3.05, 3.63) is 23.2 Å². The standard InChI is InChI=1S/C23H31N7O2S2/c1-23(32)7-2-15(3-8-23)26-20-19-16(6-11-33-19)27-22(29-20)28-18-12-17(30-34-18)21(31)25-13-14-4-9-24-10-5-14/h6,11-12,14-15,24,32H,2-5,7-10,13H2,1H3,(H,25,31)(H2,26,27,28,29)/t15-,23-. The van der Waals surface area contributed by atoms with Crippen molar-refractivity contribution < 1.29 is 9.90 Å². The van der Waals surface area contributed by atoms with E-state index in [0.717, 1.165) is 72.7 Å². The maximum atomic E-state index is 12.5. The zero-order valence-corrected chi connectivity index (χ0v) is 20.9. The average molecular weight is 502 g/mol. The Bertz CT molecular complexity index is 1130. The quantitative estimate of drug-likeness (QED) is 0.332. The molecule has 5 N–H and O–H groups in total. The van der Waals surface area contributed by atoms with Gasteiger partial charge in [-0.1, -0.05) is 0 Å². The minimum Gasteiger partial charge on any atom is -0.390 e. The summed E-state index contributed by atoms with van der Waals surface area (Å²) in [5.41, 5.74) is 0.710. The first-order chi connectivity index (χ1) is 16.4. The third-order valence-electron chi connectivity index (χ3n) is 6.69. The van der Waals surface area contributed by atoms with Crippen molar-refractivity contribution >= 4 is 55.8 Å². The molecule has 0 unspecified atom stereocenters. The molecule has 1 aliphatic carbocycles. The summed E-state index contributed by atoms with van der Waals surface area (Å²) in [4.78, 5) is 21.9. The van der Waals surface area contributed by atoms with E-state index >= 15 is 0 Å². The van der Waals surface area contributed by atoms with Crippen LogP contribution < -0.4 is 21.3 Å². The molecule has 34 heavy (non-hydrogen) atoms. The van der Waals surface area contributed by atoms with Crippen LogP contribution in [0.3, 0.4) is 0 Å². The van der Waals surface area contributed by atoms with Crippen LogP contribution in [0.5, 0.6) is 0 Å². The Kier molecular flexibility index (Phi) is 6.96. The van der Waals surface area contributed by atoms with Gasteiger partial charge in [-0.15, -0.1) is 11.3 Å². The van der Waals surface area contributed by atoms with Crippen LogP contribution in [0.2, 0.25) is 0 Å². The van der Waals surface area contributed by atoms with Crippen molar-refractivity contribution in [3.8, 4) is 0 Å². The Morgan fingerprint density at radius 2 is 2.03 bits per heavy atom. The molecule has 5 rings (SSSR count). The van der Waals surface area contributed by atoms with Crippen molar-refractivity contribution in [2.24, 2.45) is 5.92 Å². The molecule has 0 radical (unpaired) electrons. The molecule has 0 atom stereocenters. The SMILES string of the molecule is C[C@]1(O)CC[C@H](Nc2nc(Nc3cc(C(=O)NCC4CCNCC4)ns3)nc3ccsc23)CC1. The predicted octanol–water partition coefficient (Wildman–Crippen LogP) is 3.73. The number of amides is 1. The maximum Gasteiger partial charge on any atom is 0.271 e. The van der Waals surface area contributed by atoms with Crippen LogP contribution in [0.15, 0.2) is 17.5 Å². The highest BCUT2D eigenvalue weighted by atomic mass is 32.1. The first kappa shape index (κ1) is 23.4. The monoisotopic (exact) mass is 501 g/mol. The van der Waals surface area contributed by atoms with Crippen LogP contribution >= 0.6 is 22.9 Å². The average Bonchev–Trinajstić information content (AvgIpc) is 3.49. The molecule has 0 bridgehead atoms. The van der Waals surface area contributed by atoms with E-state index in [-0.39, 0.29) is 11.9 Å². The first-order valence-electron chi connectivity index (χ1n) is 11.9. The molecule has 4 heterocycles. The van der Waals surface area contributed by atoms with E-state index in [9.17, 15) is 9.90 Å². The Morgan fingerprint density at radius 3 is 2.82 bits per heavy atom. The Morgan fingerprint density at radius 1 is 1.24 bits per heavy atom. The van der Waals surface area contributed by atoms with E-state index in [4.69, 9.17) is 4.98 Å². The highest BCUT2D eigenvalue weighted by molar-refractivity contribution is 7.17. The molecule has 1 saturated heterocycles. The van der Waals surface area contributed by atoms with Crippen LogP contribution in [0.4, 0.5) is 16.8 Å². The fourth-order valence-corrected chi connectivity index (χ4v) is 5.98. The number of anilines is 3. The van der Waals surface area contributed by atoms with E-state index < -0.39 is 5.60 Å². The minimum absolute atomic E-state index is 0.146. The van der Waals surface area contributed by atoms with E-state index in [1.807, 2.05) is 18.4 Å². The second kappa shape index (κ2) is 10.1. The number of piperidine rings is 1. The van der Waals surface area contributed by atoms with Gasteiger partial charge in [-0.25, -0.2) is 4.98 Å². The van der Waals surface area contributed by atoms with Gasteiger partial charge in [0.15, 0.2) is 0 Å². The number of fused-ring (bicyclic) bond motifs is 1. The predicted molar refractivity (Wildman–Crippen MR) is 137 cm³/mol. The number of aliphatic hydroxyl groups is 1. The van der Waals surface area contributed by atoms with Gasteiger partial charge in [0.25, 0.3) is 5.91 Å². The lowest BCUT2D eigenvalue weighted by Gasteiger charge is -2.33. The Hall–Kier alpha value is -2.34. The third-order valence-corrected chi connectivity index (χ3v) is 8.31. The number of hydrogen-bond donors (Lipinski definition) is 5. The summed E-state index contributed by atoms with van der Waals surface area (Å²) in [7, 11) is 0. The van der Waals surface area contributed by atoms with Crippen LogP contribution in [0.25, 0.3) is 10.2 Å². The summed E-state index contributed by atoms with van der Waals surface area (Å²) in [6, 6.07) is 4.00. The van der Waals surface area contributed by atoms with E-state index in [1.165, 1.54) is 11.5 Å². The number of carbonyl (C=O) groups is 1. The highest BCUT2D eigenvalue weighted by Crippen LogP contribution is 2.33. The van der Waals surface area contributed by atoms with Crippen LogP contribution in [0, 0.1) is 5.92 Å². The molecule has 0 aromatic carbocycles. The zero-order chi connectivity index (χ0) is 23.5. The molecule has 1 aliphatic heterocycles. The first-order valence-corrected chi connectivity index (χ1v) is 13.6. The van der Waals surface area contributed by atoms with E-state index in [1.54, 1.807) is 17.4 Å². The molecular weight excluding hydrogens is 470 g/mol. The summed E-state index contributed by atoms with van der Waals surface area (Å²) >= 11 is 2.84. The van der Waals surface area contributed by atoms with Gasteiger partial charge in [-0.05, 0) is 87.4 Å². The van der Waals surface area contributed by atoms with Crippen molar-refractivity contribution in [2.75, 3.05) is 30.3 Å².